The van der Waals surface area contributed by atoms with Gasteiger partial charge in [-0.15, -0.1) is 0 Å². The highest BCUT2D eigenvalue weighted by Crippen LogP contribution is 2.30. The van der Waals surface area contributed by atoms with Crippen molar-refractivity contribution in [2.24, 2.45) is 5.10 Å². The van der Waals surface area contributed by atoms with Crippen LogP contribution in [0.5, 0.6) is 0 Å². The summed E-state index contributed by atoms with van der Waals surface area (Å²) >= 11 is 6.23. The molecular weight excluding hydrogens is 476 g/mol. The maximum atomic E-state index is 12.6. The van der Waals surface area contributed by atoms with Gasteiger partial charge in [-0.1, -0.05) is 11.6 Å². The fourth-order valence-electron chi connectivity index (χ4n) is 3.29. The molecule has 11 heteroatoms. The molecule has 2 aromatic heterocycles. The number of aryl methyl sites for hydroxylation is 1. The Balaban J connectivity index is 1.71. The highest BCUT2D eigenvalue weighted by molar-refractivity contribution is 6.33. The van der Waals surface area contributed by atoms with Gasteiger partial charge in [-0.05, 0) is 43.3 Å². The summed E-state index contributed by atoms with van der Waals surface area (Å²) in [6.45, 7) is 1.44. The lowest BCUT2D eigenvalue weighted by molar-refractivity contribution is -0.121. The average molecular weight is 497 g/mol. The van der Waals surface area contributed by atoms with Gasteiger partial charge in [0.1, 0.15) is 29.7 Å². The average Bonchev–Trinajstić information content (AvgIpc) is 3.30. The van der Waals surface area contributed by atoms with Gasteiger partial charge in [-0.3, -0.25) is 9.59 Å². The standard InChI is InChI=1S/C24H21ClN4O6/c1-14-8-16(13-33-2)19(10-26)23(31)29(14)12-22(30)28-27-11-17-5-7-21(35-17)18-9-15(24(32)34-3)4-6-20(18)25/h4-9,11H,12-13H2,1-3H3,(H,28,30)/b27-11+. The maximum Gasteiger partial charge on any atom is 0.337 e. The molecule has 0 fully saturated rings. The van der Waals surface area contributed by atoms with Crippen molar-refractivity contribution in [3.05, 3.63) is 79.9 Å². The Morgan fingerprint density at radius 3 is 2.71 bits per heavy atom. The number of aromatic nitrogens is 1. The number of hydrazone groups is 1. The maximum absolute atomic E-state index is 12.6. The van der Waals surface area contributed by atoms with Crippen molar-refractivity contribution < 1.29 is 23.5 Å². The Morgan fingerprint density at radius 2 is 2.03 bits per heavy atom. The Hall–Kier alpha value is -4.20. The number of hydrogen-bond donors (Lipinski definition) is 1. The van der Waals surface area contributed by atoms with E-state index in [0.29, 0.717) is 38.9 Å². The van der Waals surface area contributed by atoms with Crippen LogP contribution in [0, 0.1) is 18.3 Å². The number of pyridine rings is 1. The van der Waals surface area contributed by atoms with E-state index in [9.17, 15) is 19.6 Å². The zero-order valence-electron chi connectivity index (χ0n) is 19.1. The van der Waals surface area contributed by atoms with Crippen LogP contribution in [-0.4, -0.2) is 36.9 Å². The van der Waals surface area contributed by atoms with Gasteiger partial charge in [0.2, 0.25) is 0 Å². The number of amides is 1. The molecule has 0 unspecified atom stereocenters. The van der Waals surface area contributed by atoms with E-state index in [1.165, 1.54) is 31.1 Å². The third-order valence-corrected chi connectivity index (χ3v) is 5.29. The van der Waals surface area contributed by atoms with Crippen LogP contribution < -0.4 is 11.0 Å². The Kier molecular flexibility index (Phi) is 8.20. The summed E-state index contributed by atoms with van der Waals surface area (Å²) in [7, 11) is 2.74. The molecule has 3 aromatic rings. The van der Waals surface area contributed by atoms with Crippen molar-refractivity contribution in [2.75, 3.05) is 14.2 Å². The molecule has 0 aliphatic heterocycles. The number of hydrogen-bond acceptors (Lipinski definition) is 8. The number of carbonyl (C=O) groups excluding carboxylic acids is 2. The summed E-state index contributed by atoms with van der Waals surface area (Å²) in [5.74, 6) is -0.390. The van der Waals surface area contributed by atoms with Gasteiger partial charge in [-0.25, -0.2) is 10.2 Å². The zero-order chi connectivity index (χ0) is 25.5. The molecular formula is C24H21ClN4O6. The first-order valence-electron chi connectivity index (χ1n) is 10.2. The minimum atomic E-state index is -0.583. The van der Waals surface area contributed by atoms with E-state index in [4.69, 9.17) is 25.5 Å². The number of furan rings is 1. The summed E-state index contributed by atoms with van der Waals surface area (Å²) in [6.07, 6.45) is 1.28. The van der Waals surface area contributed by atoms with Gasteiger partial charge in [0.15, 0.2) is 0 Å². The van der Waals surface area contributed by atoms with E-state index in [1.54, 1.807) is 37.3 Å². The van der Waals surface area contributed by atoms with Crippen molar-refractivity contribution in [3.63, 3.8) is 0 Å². The van der Waals surface area contributed by atoms with Crippen LogP contribution in [0.4, 0.5) is 0 Å². The lowest BCUT2D eigenvalue weighted by atomic mass is 10.1. The number of rotatable bonds is 8. The molecule has 1 amide bonds. The number of nitrogens with one attached hydrogen (secondary N) is 1. The minimum Gasteiger partial charge on any atom is -0.465 e. The van der Waals surface area contributed by atoms with Crippen LogP contribution in [-0.2, 0) is 27.4 Å². The molecule has 0 saturated carbocycles. The Bertz CT molecular complexity index is 1400. The lowest BCUT2D eigenvalue weighted by Gasteiger charge is -2.12. The molecule has 1 aromatic carbocycles. The molecule has 0 saturated heterocycles. The van der Waals surface area contributed by atoms with E-state index >= 15 is 0 Å². The van der Waals surface area contributed by atoms with Crippen LogP contribution in [0.3, 0.4) is 0 Å². The van der Waals surface area contributed by atoms with Crippen molar-refractivity contribution in [2.45, 2.75) is 20.1 Å². The second kappa shape index (κ2) is 11.3. The third-order valence-electron chi connectivity index (χ3n) is 4.96. The highest BCUT2D eigenvalue weighted by Gasteiger charge is 2.15. The molecule has 10 nitrogen and oxygen atoms in total. The van der Waals surface area contributed by atoms with Crippen LogP contribution >= 0.6 is 11.6 Å². The van der Waals surface area contributed by atoms with Crippen molar-refractivity contribution in [3.8, 4) is 17.4 Å². The monoisotopic (exact) mass is 496 g/mol. The second-order valence-electron chi connectivity index (χ2n) is 7.30. The molecule has 35 heavy (non-hydrogen) atoms. The lowest BCUT2D eigenvalue weighted by Crippen LogP contribution is -2.33. The molecule has 0 aliphatic rings. The fourth-order valence-corrected chi connectivity index (χ4v) is 3.50. The largest absolute Gasteiger partial charge is 0.465 e. The number of nitriles is 1. The van der Waals surface area contributed by atoms with E-state index in [0.717, 1.165) is 0 Å². The van der Waals surface area contributed by atoms with Crippen molar-refractivity contribution in [1.82, 2.24) is 9.99 Å². The molecule has 0 aliphatic carbocycles. The molecule has 180 valence electrons. The Labute approximate surface area is 205 Å². The summed E-state index contributed by atoms with van der Waals surface area (Å²) in [5.41, 5.74) is 3.41. The van der Waals surface area contributed by atoms with Crippen LogP contribution in [0.2, 0.25) is 5.02 Å². The minimum absolute atomic E-state index is 0.0770. The van der Waals surface area contributed by atoms with Gasteiger partial charge < -0.3 is 18.5 Å². The highest BCUT2D eigenvalue weighted by atomic mass is 35.5. The van der Waals surface area contributed by atoms with Crippen molar-refractivity contribution in [1.29, 1.82) is 5.26 Å². The normalized spacial score (nSPS) is 10.8. The van der Waals surface area contributed by atoms with Gasteiger partial charge in [0.05, 0.1) is 30.5 Å². The van der Waals surface area contributed by atoms with Crippen LogP contribution in [0.25, 0.3) is 11.3 Å². The van der Waals surface area contributed by atoms with E-state index in [-0.39, 0.29) is 18.7 Å². The van der Waals surface area contributed by atoms with Gasteiger partial charge in [0.25, 0.3) is 11.5 Å². The number of esters is 1. The van der Waals surface area contributed by atoms with E-state index in [1.807, 2.05) is 6.07 Å². The van der Waals surface area contributed by atoms with Crippen LogP contribution in [0.1, 0.15) is 32.9 Å². The van der Waals surface area contributed by atoms with Gasteiger partial charge in [0, 0.05) is 23.9 Å². The van der Waals surface area contributed by atoms with Crippen molar-refractivity contribution >= 4 is 29.7 Å². The number of nitrogens with zero attached hydrogens (tertiary/aromatic N) is 3. The number of methoxy groups -OCH3 is 2. The first kappa shape index (κ1) is 25.4. The first-order chi connectivity index (χ1) is 16.8. The molecule has 0 radical (unpaired) electrons. The van der Waals surface area contributed by atoms with Crippen LogP contribution in [0.15, 0.2) is 50.7 Å². The SMILES string of the molecule is COCc1cc(C)n(CC(=O)N/N=C/c2ccc(-c3cc(C(=O)OC)ccc3Cl)o2)c(=O)c1C#N. The number of ether oxygens (including phenoxy) is 2. The molecule has 2 heterocycles. The molecule has 0 bridgehead atoms. The molecule has 1 N–H and O–H groups in total. The smallest absolute Gasteiger partial charge is 0.337 e. The van der Waals surface area contributed by atoms with Gasteiger partial charge >= 0.3 is 5.97 Å². The summed E-state index contributed by atoms with van der Waals surface area (Å²) in [5, 5.41) is 13.5. The van der Waals surface area contributed by atoms with Gasteiger partial charge in [-0.2, -0.15) is 10.4 Å². The topological polar surface area (TPSA) is 136 Å². The fraction of sp³-hybridized carbons (Fsp3) is 0.208. The summed E-state index contributed by atoms with van der Waals surface area (Å²) < 4.78 is 16.6. The second-order valence-corrected chi connectivity index (χ2v) is 7.71. The Morgan fingerprint density at radius 1 is 1.26 bits per heavy atom. The molecule has 0 spiro atoms. The first-order valence-corrected chi connectivity index (χ1v) is 10.6. The van der Waals surface area contributed by atoms with E-state index < -0.39 is 17.4 Å². The number of benzene rings is 1. The predicted molar refractivity (Wildman–Crippen MR) is 127 cm³/mol. The third kappa shape index (κ3) is 5.84. The molecule has 0 atom stereocenters. The number of halogens is 1. The van der Waals surface area contributed by atoms with E-state index in [2.05, 4.69) is 10.5 Å². The summed E-state index contributed by atoms with van der Waals surface area (Å²) in [4.78, 5) is 36.7. The summed E-state index contributed by atoms with van der Waals surface area (Å²) in [6, 6.07) is 11.4. The zero-order valence-corrected chi connectivity index (χ0v) is 19.9. The molecule has 3 rings (SSSR count). The number of carbonyl (C=O) groups is 2. The quantitative estimate of drug-likeness (QED) is 0.287. The predicted octanol–water partition coefficient (Wildman–Crippen LogP) is 3.03.